The van der Waals surface area contributed by atoms with E-state index in [1.54, 1.807) is 0 Å². The summed E-state index contributed by atoms with van der Waals surface area (Å²) in [7, 11) is 0. The molecule has 0 aromatic heterocycles. The fourth-order valence-electron chi connectivity index (χ4n) is 2.24. The first-order valence-electron chi connectivity index (χ1n) is 6.86. The Labute approximate surface area is 122 Å². The van der Waals surface area contributed by atoms with Crippen LogP contribution < -0.4 is 5.32 Å². The maximum Gasteiger partial charge on any atom is 0.274 e. The second-order valence-electron chi connectivity index (χ2n) is 4.79. The molecular formula is C16H17FN2O2. The van der Waals surface area contributed by atoms with E-state index in [1.807, 2.05) is 24.3 Å². The Bertz CT molecular complexity index is 644. The predicted octanol–water partition coefficient (Wildman–Crippen LogP) is 4.30. The van der Waals surface area contributed by atoms with Crippen LogP contribution in [-0.4, -0.2) is 4.92 Å². The van der Waals surface area contributed by atoms with Crippen LogP contribution in [0.25, 0.3) is 0 Å². The number of nitro benzene ring substituents is 1. The summed E-state index contributed by atoms with van der Waals surface area (Å²) >= 11 is 0. The molecule has 2 rings (SSSR count). The lowest BCUT2D eigenvalue weighted by Gasteiger charge is -2.11. The van der Waals surface area contributed by atoms with E-state index in [0.29, 0.717) is 5.56 Å². The summed E-state index contributed by atoms with van der Waals surface area (Å²) in [5.74, 6) is -0.473. The second-order valence-corrected chi connectivity index (χ2v) is 4.79. The number of nitro groups is 1. The molecule has 4 nitrogen and oxygen atoms in total. The third kappa shape index (κ3) is 3.78. The normalized spacial score (nSPS) is 10.4. The molecule has 5 heteroatoms. The topological polar surface area (TPSA) is 55.2 Å². The van der Waals surface area contributed by atoms with Crippen molar-refractivity contribution in [1.82, 2.24) is 0 Å². The Morgan fingerprint density at radius 3 is 2.67 bits per heavy atom. The lowest BCUT2D eigenvalue weighted by atomic mass is 10.1. The highest BCUT2D eigenvalue weighted by atomic mass is 19.1. The monoisotopic (exact) mass is 288 g/mol. The molecule has 2 aromatic carbocycles. The van der Waals surface area contributed by atoms with Crippen LogP contribution in [0.4, 0.5) is 15.8 Å². The number of aryl methyl sites for hydroxylation is 1. The Kier molecular flexibility index (Phi) is 4.87. The van der Waals surface area contributed by atoms with E-state index in [1.165, 1.54) is 12.1 Å². The quantitative estimate of drug-likeness (QED) is 0.637. The van der Waals surface area contributed by atoms with Gasteiger partial charge < -0.3 is 5.32 Å². The van der Waals surface area contributed by atoms with Crippen LogP contribution in [0, 0.1) is 15.9 Å². The number of anilines is 1. The molecule has 0 saturated heterocycles. The molecule has 0 aliphatic rings. The molecule has 0 spiro atoms. The largest absolute Gasteiger partial charge is 0.380 e. The summed E-state index contributed by atoms with van der Waals surface area (Å²) < 4.78 is 13.3. The van der Waals surface area contributed by atoms with Crippen molar-refractivity contribution >= 4 is 11.4 Å². The molecule has 0 saturated carbocycles. The molecule has 0 bridgehead atoms. The number of benzene rings is 2. The van der Waals surface area contributed by atoms with Gasteiger partial charge in [0.2, 0.25) is 0 Å². The van der Waals surface area contributed by atoms with Gasteiger partial charge in [-0.15, -0.1) is 0 Å². The van der Waals surface area contributed by atoms with Gasteiger partial charge >= 0.3 is 0 Å². The maximum absolute atomic E-state index is 13.3. The van der Waals surface area contributed by atoms with E-state index < -0.39 is 10.7 Å². The van der Waals surface area contributed by atoms with E-state index >= 15 is 0 Å². The lowest BCUT2D eigenvalue weighted by molar-refractivity contribution is -0.385. The zero-order valence-electron chi connectivity index (χ0n) is 11.8. The fraction of sp³-hybridized carbons (Fsp3) is 0.250. The smallest absolute Gasteiger partial charge is 0.274 e. The molecule has 0 aliphatic carbocycles. The number of hydrogen-bond donors (Lipinski definition) is 1. The van der Waals surface area contributed by atoms with Gasteiger partial charge in [-0.05, 0) is 30.2 Å². The zero-order valence-corrected chi connectivity index (χ0v) is 11.8. The van der Waals surface area contributed by atoms with E-state index in [2.05, 4.69) is 12.2 Å². The minimum Gasteiger partial charge on any atom is -0.380 e. The molecule has 0 unspecified atom stereocenters. The van der Waals surface area contributed by atoms with Gasteiger partial charge in [-0.2, -0.15) is 0 Å². The average molecular weight is 288 g/mol. The predicted molar refractivity (Wildman–Crippen MR) is 80.8 cm³/mol. The van der Waals surface area contributed by atoms with Gasteiger partial charge in [0, 0.05) is 18.3 Å². The number of nitrogens with zero attached hydrogens (tertiary/aromatic N) is 1. The van der Waals surface area contributed by atoms with Crippen LogP contribution >= 0.6 is 0 Å². The highest BCUT2D eigenvalue weighted by molar-refractivity contribution is 5.53. The van der Waals surface area contributed by atoms with Crippen LogP contribution in [0.2, 0.25) is 0 Å². The summed E-state index contributed by atoms with van der Waals surface area (Å²) in [5, 5.41) is 14.1. The molecular weight excluding hydrogens is 271 g/mol. The third-order valence-corrected chi connectivity index (χ3v) is 3.24. The standard InChI is InChI=1S/C16H17FN2O2/c1-2-5-12-6-3-4-7-15(12)18-11-13-10-14(17)8-9-16(13)19(20)21/h3-4,6-10,18H,2,5,11H2,1H3. The van der Waals surface area contributed by atoms with Gasteiger partial charge in [-0.3, -0.25) is 10.1 Å². The van der Waals surface area contributed by atoms with Crippen molar-refractivity contribution in [2.45, 2.75) is 26.3 Å². The van der Waals surface area contributed by atoms with E-state index in [9.17, 15) is 14.5 Å². The van der Waals surface area contributed by atoms with Crippen LogP contribution in [0.5, 0.6) is 0 Å². The summed E-state index contributed by atoms with van der Waals surface area (Å²) in [5.41, 5.74) is 2.35. The number of rotatable bonds is 6. The summed E-state index contributed by atoms with van der Waals surface area (Å²) in [6.07, 6.45) is 1.94. The van der Waals surface area contributed by atoms with Crippen molar-refractivity contribution in [3.63, 3.8) is 0 Å². The second kappa shape index (κ2) is 6.83. The van der Waals surface area contributed by atoms with E-state index in [-0.39, 0.29) is 12.2 Å². The molecule has 0 atom stereocenters. The Balaban J connectivity index is 2.20. The SMILES string of the molecule is CCCc1ccccc1NCc1cc(F)ccc1[N+](=O)[O-]. The first kappa shape index (κ1) is 15.0. The molecule has 110 valence electrons. The molecule has 2 aromatic rings. The van der Waals surface area contributed by atoms with Crippen molar-refractivity contribution in [3.05, 3.63) is 69.5 Å². The summed E-state index contributed by atoms with van der Waals surface area (Å²) in [4.78, 5) is 10.5. The highest BCUT2D eigenvalue weighted by Crippen LogP contribution is 2.22. The van der Waals surface area contributed by atoms with Gasteiger partial charge in [0.1, 0.15) is 5.82 Å². The number of para-hydroxylation sites is 1. The lowest BCUT2D eigenvalue weighted by Crippen LogP contribution is -2.05. The summed E-state index contributed by atoms with van der Waals surface area (Å²) in [6.45, 7) is 2.31. The first-order chi connectivity index (χ1) is 10.1. The van der Waals surface area contributed by atoms with E-state index in [4.69, 9.17) is 0 Å². The molecule has 1 N–H and O–H groups in total. The van der Waals surface area contributed by atoms with Crippen molar-refractivity contribution in [2.75, 3.05) is 5.32 Å². The fourth-order valence-corrected chi connectivity index (χ4v) is 2.24. The highest BCUT2D eigenvalue weighted by Gasteiger charge is 2.14. The molecule has 0 radical (unpaired) electrons. The third-order valence-electron chi connectivity index (χ3n) is 3.24. The van der Waals surface area contributed by atoms with Crippen molar-refractivity contribution in [1.29, 1.82) is 0 Å². The van der Waals surface area contributed by atoms with Crippen LogP contribution in [0.3, 0.4) is 0 Å². The molecule has 0 fully saturated rings. The van der Waals surface area contributed by atoms with Crippen molar-refractivity contribution in [2.24, 2.45) is 0 Å². The first-order valence-corrected chi connectivity index (χ1v) is 6.86. The minimum absolute atomic E-state index is 0.0723. The Hall–Kier alpha value is -2.43. The van der Waals surface area contributed by atoms with Gasteiger partial charge in [-0.25, -0.2) is 4.39 Å². The van der Waals surface area contributed by atoms with Gasteiger partial charge in [0.15, 0.2) is 0 Å². The summed E-state index contributed by atoms with van der Waals surface area (Å²) in [6, 6.07) is 11.3. The molecule has 0 aliphatic heterocycles. The average Bonchev–Trinajstić information content (AvgIpc) is 2.46. The Morgan fingerprint density at radius 1 is 1.19 bits per heavy atom. The maximum atomic E-state index is 13.3. The number of halogens is 1. The zero-order chi connectivity index (χ0) is 15.2. The number of nitrogens with one attached hydrogen (secondary N) is 1. The van der Waals surface area contributed by atoms with Gasteiger partial charge in [0.25, 0.3) is 5.69 Å². The van der Waals surface area contributed by atoms with Crippen molar-refractivity contribution in [3.8, 4) is 0 Å². The van der Waals surface area contributed by atoms with Crippen LogP contribution in [0.1, 0.15) is 24.5 Å². The molecule has 0 heterocycles. The van der Waals surface area contributed by atoms with E-state index in [0.717, 1.165) is 30.2 Å². The molecule has 0 amide bonds. The van der Waals surface area contributed by atoms with Crippen molar-refractivity contribution < 1.29 is 9.31 Å². The number of hydrogen-bond acceptors (Lipinski definition) is 3. The minimum atomic E-state index is -0.492. The van der Waals surface area contributed by atoms with Crippen LogP contribution in [-0.2, 0) is 13.0 Å². The van der Waals surface area contributed by atoms with Crippen LogP contribution in [0.15, 0.2) is 42.5 Å². The van der Waals surface area contributed by atoms with Gasteiger partial charge in [-0.1, -0.05) is 31.5 Å². The van der Waals surface area contributed by atoms with Gasteiger partial charge in [0.05, 0.1) is 10.5 Å². The Morgan fingerprint density at radius 2 is 1.95 bits per heavy atom. The molecule has 21 heavy (non-hydrogen) atoms.